The van der Waals surface area contributed by atoms with E-state index >= 15 is 0 Å². The van der Waals surface area contributed by atoms with Crippen molar-refractivity contribution in [1.29, 1.82) is 0 Å². The third-order valence-electron chi connectivity index (χ3n) is 2.08. The Kier molecular flexibility index (Phi) is 3.28. The predicted octanol–water partition coefficient (Wildman–Crippen LogP) is 3.29. The van der Waals surface area contributed by atoms with Crippen LogP contribution in [0.5, 0.6) is 0 Å². The van der Waals surface area contributed by atoms with Crippen LogP contribution < -0.4 is 0 Å². The fourth-order valence-electron chi connectivity index (χ4n) is 1.51. The topological polar surface area (TPSA) is 20.2 Å². The Morgan fingerprint density at radius 1 is 1.38 bits per heavy atom. The lowest BCUT2D eigenvalue weighted by Crippen LogP contribution is -1.99. The highest BCUT2D eigenvalue weighted by Gasteiger charge is 2.10. The minimum Gasteiger partial charge on any atom is -0.384 e. The fourth-order valence-corrected chi connectivity index (χ4v) is 2.19. The number of rotatable bonds is 2. The van der Waals surface area contributed by atoms with Gasteiger partial charge in [-0.2, -0.15) is 0 Å². The van der Waals surface area contributed by atoms with Crippen LogP contribution in [0.1, 0.15) is 22.8 Å². The van der Waals surface area contributed by atoms with Crippen molar-refractivity contribution < 1.29 is 5.11 Å². The number of hydrogen-bond donors (Lipinski definition) is 1. The van der Waals surface area contributed by atoms with Crippen molar-refractivity contribution in [3.63, 3.8) is 0 Å². The van der Waals surface area contributed by atoms with Gasteiger partial charge in [-0.05, 0) is 42.7 Å². The van der Waals surface area contributed by atoms with Gasteiger partial charge in [0.2, 0.25) is 0 Å². The minimum atomic E-state index is -0.562. The van der Waals surface area contributed by atoms with Gasteiger partial charge in [-0.1, -0.05) is 22.0 Å². The molecule has 0 amide bonds. The summed E-state index contributed by atoms with van der Waals surface area (Å²) in [5.74, 6) is 0. The second-order valence-electron chi connectivity index (χ2n) is 3.13. The van der Waals surface area contributed by atoms with E-state index in [-0.39, 0.29) is 0 Å². The van der Waals surface area contributed by atoms with Crippen molar-refractivity contribution in [1.82, 2.24) is 0 Å². The summed E-state index contributed by atoms with van der Waals surface area (Å²) in [6.45, 7) is 7.55. The van der Waals surface area contributed by atoms with Gasteiger partial charge < -0.3 is 5.11 Å². The largest absolute Gasteiger partial charge is 0.384 e. The Bertz CT molecular complexity index is 308. The molecule has 0 aromatic heterocycles. The Balaban J connectivity index is 3.28. The zero-order valence-electron chi connectivity index (χ0n) is 7.84. The number of benzene rings is 1. The molecule has 1 nitrogen and oxygen atoms in total. The first-order valence-corrected chi connectivity index (χ1v) is 4.93. The highest BCUT2D eigenvalue weighted by molar-refractivity contribution is 9.10. The van der Waals surface area contributed by atoms with E-state index in [1.807, 2.05) is 26.0 Å². The van der Waals surface area contributed by atoms with E-state index in [9.17, 15) is 5.11 Å². The molecule has 0 spiro atoms. The van der Waals surface area contributed by atoms with Gasteiger partial charge in [0.1, 0.15) is 0 Å². The lowest BCUT2D eigenvalue weighted by atomic mass is 9.98. The maximum absolute atomic E-state index is 9.65. The molecule has 0 saturated carbocycles. The Morgan fingerprint density at radius 2 is 1.85 bits per heavy atom. The molecular formula is C11H13BrO. The van der Waals surface area contributed by atoms with Gasteiger partial charge in [-0.3, -0.25) is 0 Å². The van der Waals surface area contributed by atoms with Gasteiger partial charge in [-0.15, -0.1) is 6.58 Å². The van der Waals surface area contributed by atoms with Crippen LogP contribution in [0.4, 0.5) is 0 Å². The third kappa shape index (κ3) is 2.20. The molecule has 70 valence electrons. The maximum Gasteiger partial charge on any atom is 0.0974 e. The van der Waals surface area contributed by atoms with Gasteiger partial charge >= 0.3 is 0 Å². The molecule has 2 heteroatoms. The molecule has 1 N–H and O–H groups in total. The predicted molar refractivity (Wildman–Crippen MR) is 58.8 cm³/mol. The van der Waals surface area contributed by atoms with E-state index < -0.39 is 6.10 Å². The number of hydrogen-bond acceptors (Lipinski definition) is 1. The molecule has 1 unspecified atom stereocenters. The van der Waals surface area contributed by atoms with Crippen LogP contribution in [-0.4, -0.2) is 5.11 Å². The summed E-state index contributed by atoms with van der Waals surface area (Å²) in [5.41, 5.74) is 3.12. The summed E-state index contributed by atoms with van der Waals surface area (Å²) in [5, 5.41) is 9.65. The van der Waals surface area contributed by atoms with Crippen LogP contribution in [0, 0.1) is 13.8 Å². The summed E-state index contributed by atoms with van der Waals surface area (Å²) in [6.07, 6.45) is 0.983. The normalized spacial score (nSPS) is 12.6. The molecule has 13 heavy (non-hydrogen) atoms. The standard InChI is InChI=1S/C11H13BrO/c1-4-10(13)11-7(2)5-9(12)6-8(11)3/h4-6,10,13H,1H2,2-3H3. The molecule has 0 radical (unpaired) electrons. The Morgan fingerprint density at radius 3 is 2.23 bits per heavy atom. The lowest BCUT2D eigenvalue weighted by molar-refractivity contribution is 0.227. The van der Waals surface area contributed by atoms with Gasteiger partial charge in [0.05, 0.1) is 6.10 Å². The lowest BCUT2D eigenvalue weighted by Gasteiger charge is -2.13. The van der Waals surface area contributed by atoms with Crippen LogP contribution in [-0.2, 0) is 0 Å². The molecule has 0 bridgehead atoms. The molecule has 1 rings (SSSR count). The molecule has 0 fully saturated rings. The van der Waals surface area contributed by atoms with Gasteiger partial charge in [0.15, 0.2) is 0 Å². The third-order valence-corrected chi connectivity index (χ3v) is 2.54. The van der Waals surface area contributed by atoms with Crippen LogP contribution in [0.25, 0.3) is 0 Å². The second kappa shape index (κ2) is 4.07. The van der Waals surface area contributed by atoms with Crippen molar-refractivity contribution in [2.75, 3.05) is 0 Å². The first-order valence-electron chi connectivity index (χ1n) is 4.13. The Labute approximate surface area is 87.2 Å². The maximum atomic E-state index is 9.65. The fraction of sp³-hybridized carbons (Fsp3) is 0.273. The van der Waals surface area contributed by atoms with Crippen LogP contribution >= 0.6 is 15.9 Å². The first kappa shape index (κ1) is 10.5. The van der Waals surface area contributed by atoms with Crippen molar-refractivity contribution >= 4 is 15.9 Å². The summed E-state index contributed by atoms with van der Waals surface area (Å²) >= 11 is 3.41. The molecule has 1 aromatic rings. The first-order chi connectivity index (χ1) is 6.06. The Hall–Kier alpha value is -0.600. The molecule has 0 saturated heterocycles. The highest BCUT2D eigenvalue weighted by atomic mass is 79.9. The van der Waals surface area contributed by atoms with E-state index in [0.717, 1.165) is 21.2 Å². The summed E-state index contributed by atoms with van der Waals surface area (Å²) in [6, 6.07) is 3.99. The molecule has 0 heterocycles. The molecule has 1 atom stereocenters. The summed E-state index contributed by atoms with van der Waals surface area (Å²) < 4.78 is 1.04. The van der Waals surface area contributed by atoms with E-state index in [2.05, 4.69) is 22.5 Å². The summed E-state index contributed by atoms with van der Waals surface area (Å²) in [7, 11) is 0. The van der Waals surface area contributed by atoms with Gasteiger partial charge in [0, 0.05) is 4.47 Å². The zero-order valence-corrected chi connectivity index (χ0v) is 9.43. The smallest absolute Gasteiger partial charge is 0.0974 e. The zero-order chi connectivity index (χ0) is 10.0. The molecule has 0 aliphatic rings. The van der Waals surface area contributed by atoms with Gasteiger partial charge in [0.25, 0.3) is 0 Å². The molecule has 1 aromatic carbocycles. The van der Waals surface area contributed by atoms with Crippen LogP contribution in [0.3, 0.4) is 0 Å². The van der Waals surface area contributed by atoms with Gasteiger partial charge in [-0.25, -0.2) is 0 Å². The molecular weight excluding hydrogens is 228 g/mol. The molecule has 0 aliphatic heterocycles. The van der Waals surface area contributed by atoms with E-state index in [0.29, 0.717) is 0 Å². The average Bonchev–Trinajstić information content (AvgIpc) is 2.02. The highest BCUT2D eigenvalue weighted by Crippen LogP contribution is 2.26. The van der Waals surface area contributed by atoms with Crippen molar-refractivity contribution in [2.24, 2.45) is 0 Å². The minimum absolute atomic E-state index is 0.562. The second-order valence-corrected chi connectivity index (χ2v) is 4.05. The van der Waals surface area contributed by atoms with E-state index in [4.69, 9.17) is 0 Å². The van der Waals surface area contributed by atoms with Crippen molar-refractivity contribution in [2.45, 2.75) is 20.0 Å². The monoisotopic (exact) mass is 240 g/mol. The average molecular weight is 241 g/mol. The van der Waals surface area contributed by atoms with Crippen molar-refractivity contribution in [3.8, 4) is 0 Å². The van der Waals surface area contributed by atoms with Crippen LogP contribution in [0.15, 0.2) is 29.3 Å². The number of aliphatic hydroxyl groups excluding tert-OH is 1. The SMILES string of the molecule is C=CC(O)c1c(C)cc(Br)cc1C. The summed E-state index contributed by atoms with van der Waals surface area (Å²) in [4.78, 5) is 0. The molecule has 0 aliphatic carbocycles. The van der Waals surface area contributed by atoms with E-state index in [1.165, 1.54) is 0 Å². The van der Waals surface area contributed by atoms with Crippen LogP contribution in [0.2, 0.25) is 0 Å². The number of halogens is 1. The van der Waals surface area contributed by atoms with Crippen molar-refractivity contribution in [3.05, 3.63) is 46.0 Å². The quantitative estimate of drug-likeness (QED) is 0.787. The number of aliphatic hydroxyl groups is 1. The number of aryl methyl sites for hydroxylation is 2. The van der Waals surface area contributed by atoms with E-state index in [1.54, 1.807) is 6.08 Å².